The maximum atomic E-state index is 6.20. The predicted molar refractivity (Wildman–Crippen MR) is 98.6 cm³/mol. The summed E-state index contributed by atoms with van der Waals surface area (Å²) in [5.74, 6) is 1.39. The van der Waals surface area contributed by atoms with Crippen LogP contribution in [-0.2, 0) is 14.1 Å². The van der Waals surface area contributed by atoms with Crippen molar-refractivity contribution < 1.29 is 0 Å². The molecule has 1 aliphatic carbocycles. The molecular formula is C17H18ClN9. The molecule has 0 saturated heterocycles. The van der Waals surface area contributed by atoms with Crippen molar-refractivity contribution in [3.63, 3.8) is 0 Å². The molecule has 0 spiro atoms. The lowest BCUT2D eigenvalue weighted by atomic mass is 10.1. The fourth-order valence-corrected chi connectivity index (χ4v) is 4.02. The fraction of sp³-hybridized carbons (Fsp3) is 0.412. The third-order valence-corrected chi connectivity index (χ3v) is 5.49. The van der Waals surface area contributed by atoms with Crippen LogP contribution in [0.3, 0.4) is 0 Å². The first-order chi connectivity index (χ1) is 12.9. The van der Waals surface area contributed by atoms with Gasteiger partial charge in [-0.15, -0.1) is 15.3 Å². The van der Waals surface area contributed by atoms with Gasteiger partial charge in [0.15, 0.2) is 16.6 Å². The maximum absolute atomic E-state index is 6.20. The quantitative estimate of drug-likeness (QED) is 0.538. The monoisotopic (exact) mass is 383 g/mol. The zero-order valence-corrected chi connectivity index (χ0v) is 16.2. The Morgan fingerprint density at radius 1 is 1.00 bits per heavy atom. The van der Waals surface area contributed by atoms with E-state index < -0.39 is 0 Å². The average molecular weight is 384 g/mol. The van der Waals surface area contributed by atoms with E-state index in [9.17, 15) is 0 Å². The molecule has 4 aromatic heterocycles. The third-order valence-electron chi connectivity index (χ3n) is 5.22. The summed E-state index contributed by atoms with van der Waals surface area (Å²) >= 11 is 6.20. The molecule has 0 amide bonds. The number of aryl methyl sites for hydroxylation is 4. The van der Waals surface area contributed by atoms with Gasteiger partial charge in [-0.05, 0) is 38.0 Å². The maximum Gasteiger partial charge on any atom is 0.180 e. The summed E-state index contributed by atoms with van der Waals surface area (Å²) < 4.78 is 5.41. The van der Waals surface area contributed by atoms with Gasteiger partial charge in [0.25, 0.3) is 0 Å². The van der Waals surface area contributed by atoms with Crippen LogP contribution in [0.5, 0.6) is 0 Å². The summed E-state index contributed by atoms with van der Waals surface area (Å²) in [4.78, 5) is 0. The van der Waals surface area contributed by atoms with Crippen molar-refractivity contribution >= 4 is 17.2 Å². The second kappa shape index (κ2) is 5.59. The van der Waals surface area contributed by atoms with E-state index in [0.29, 0.717) is 17.0 Å². The topological polar surface area (TPSA) is 91.6 Å². The summed E-state index contributed by atoms with van der Waals surface area (Å²) in [7, 11) is 3.81. The number of nitrogens with zero attached hydrogens (tertiary/aromatic N) is 9. The lowest BCUT2D eigenvalue weighted by Crippen LogP contribution is -2.02. The highest BCUT2D eigenvalue weighted by Crippen LogP contribution is 2.55. The number of hydrogen-bond acceptors (Lipinski definition) is 6. The molecule has 138 valence electrons. The predicted octanol–water partition coefficient (Wildman–Crippen LogP) is 2.19. The highest BCUT2D eigenvalue weighted by atomic mass is 35.5. The number of hydrogen-bond donors (Lipinski definition) is 0. The van der Waals surface area contributed by atoms with Gasteiger partial charge in [0.05, 0.1) is 17.1 Å². The van der Waals surface area contributed by atoms with Crippen molar-refractivity contribution in [2.75, 3.05) is 0 Å². The van der Waals surface area contributed by atoms with Crippen LogP contribution in [0.1, 0.15) is 41.0 Å². The highest BCUT2D eigenvalue weighted by Gasteiger charge is 2.45. The number of rotatable bonds is 3. The van der Waals surface area contributed by atoms with E-state index in [1.54, 1.807) is 9.20 Å². The van der Waals surface area contributed by atoms with Crippen LogP contribution in [0.2, 0.25) is 5.15 Å². The molecule has 1 saturated carbocycles. The Morgan fingerprint density at radius 3 is 2.56 bits per heavy atom. The average Bonchev–Trinajstić information content (AvgIpc) is 2.97. The SMILES string of the molecule is Cc1cc(-c2cc(C3CC3c3c(Cl)nnn3C)nn2C)nn2c(C)nnc12. The molecule has 0 radical (unpaired) electrons. The van der Waals surface area contributed by atoms with Gasteiger partial charge in [0.2, 0.25) is 0 Å². The largest absolute Gasteiger partial charge is 0.266 e. The normalized spacial score (nSPS) is 19.1. The van der Waals surface area contributed by atoms with Crippen molar-refractivity contribution in [3.05, 3.63) is 40.1 Å². The van der Waals surface area contributed by atoms with Crippen LogP contribution in [0.4, 0.5) is 0 Å². The molecule has 0 N–H and O–H groups in total. The van der Waals surface area contributed by atoms with Crippen LogP contribution in [0.15, 0.2) is 12.1 Å². The van der Waals surface area contributed by atoms with E-state index >= 15 is 0 Å². The van der Waals surface area contributed by atoms with Crippen LogP contribution in [0.25, 0.3) is 17.0 Å². The fourth-order valence-electron chi connectivity index (χ4n) is 3.72. The number of fused-ring (bicyclic) bond motifs is 1. The molecule has 9 nitrogen and oxygen atoms in total. The van der Waals surface area contributed by atoms with E-state index in [0.717, 1.165) is 46.2 Å². The van der Waals surface area contributed by atoms with Crippen LogP contribution >= 0.6 is 11.6 Å². The van der Waals surface area contributed by atoms with Gasteiger partial charge in [-0.3, -0.25) is 9.36 Å². The Labute approximate surface area is 160 Å². The van der Waals surface area contributed by atoms with Gasteiger partial charge >= 0.3 is 0 Å². The summed E-state index contributed by atoms with van der Waals surface area (Å²) in [5.41, 5.74) is 5.63. The molecule has 10 heteroatoms. The smallest absolute Gasteiger partial charge is 0.180 e. The van der Waals surface area contributed by atoms with Gasteiger partial charge < -0.3 is 0 Å². The van der Waals surface area contributed by atoms with E-state index in [4.69, 9.17) is 21.8 Å². The summed E-state index contributed by atoms with van der Waals surface area (Å²) in [6, 6.07) is 4.13. The Morgan fingerprint density at radius 2 is 1.81 bits per heavy atom. The molecule has 1 aliphatic rings. The van der Waals surface area contributed by atoms with E-state index in [-0.39, 0.29) is 0 Å². The van der Waals surface area contributed by atoms with E-state index in [2.05, 4.69) is 26.6 Å². The first-order valence-corrected chi connectivity index (χ1v) is 9.11. The molecule has 0 aliphatic heterocycles. The molecule has 0 aromatic carbocycles. The van der Waals surface area contributed by atoms with Gasteiger partial charge in [-0.25, -0.2) is 0 Å². The molecule has 4 aromatic rings. The van der Waals surface area contributed by atoms with Crippen molar-refractivity contribution in [1.29, 1.82) is 0 Å². The lowest BCUT2D eigenvalue weighted by Gasteiger charge is -2.04. The van der Waals surface area contributed by atoms with Gasteiger partial charge in [0.1, 0.15) is 5.69 Å². The van der Waals surface area contributed by atoms with Crippen molar-refractivity contribution in [3.8, 4) is 11.4 Å². The van der Waals surface area contributed by atoms with Crippen molar-refractivity contribution in [2.24, 2.45) is 14.1 Å². The van der Waals surface area contributed by atoms with Crippen LogP contribution in [-0.4, -0.2) is 44.6 Å². The first-order valence-electron chi connectivity index (χ1n) is 8.73. The van der Waals surface area contributed by atoms with Crippen LogP contribution in [0, 0.1) is 13.8 Å². The number of aromatic nitrogens is 9. The summed E-state index contributed by atoms with van der Waals surface area (Å²) in [6.45, 7) is 3.91. The van der Waals surface area contributed by atoms with Crippen molar-refractivity contribution in [2.45, 2.75) is 32.1 Å². The Kier molecular flexibility index (Phi) is 3.39. The zero-order valence-electron chi connectivity index (χ0n) is 15.4. The molecule has 1 fully saturated rings. The van der Waals surface area contributed by atoms with E-state index in [1.807, 2.05) is 38.7 Å². The van der Waals surface area contributed by atoms with Gasteiger partial charge in [-0.1, -0.05) is 16.8 Å². The second-order valence-electron chi connectivity index (χ2n) is 7.11. The third kappa shape index (κ3) is 2.45. The summed E-state index contributed by atoms with van der Waals surface area (Å²) in [5, 5.41) is 26.1. The summed E-state index contributed by atoms with van der Waals surface area (Å²) in [6.07, 6.45) is 0.993. The zero-order chi connectivity index (χ0) is 18.9. The minimum Gasteiger partial charge on any atom is -0.266 e. The molecule has 2 unspecified atom stereocenters. The van der Waals surface area contributed by atoms with Gasteiger partial charge in [0, 0.05) is 25.9 Å². The minimum atomic E-state index is 0.303. The van der Waals surface area contributed by atoms with Crippen LogP contribution < -0.4 is 0 Å². The first kappa shape index (κ1) is 16.4. The minimum absolute atomic E-state index is 0.303. The number of halogens is 1. The lowest BCUT2D eigenvalue weighted by molar-refractivity contribution is 0.672. The Hall–Kier alpha value is -2.81. The Balaban J connectivity index is 1.52. The van der Waals surface area contributed by atoms with E-state index in [1.165, 1.54) is 0 Å². The molecular weight excluding hydrogens is 366 g/mol. The standard InChI is InChI=1S/C17H18ClN9/c1-8-5-13(23-27-9(2)19-21-17(8)27)14-7-12(22-25(14)3)10-6-11(10)15-16(18)20-24-26(15)4/h5,7,10-11H,6H2,1-4H3. The second-order valence-corrected chi connectivity index (χ2v) is 7.47. The Bertz CT molecular complexity index is 1170. The molecule has 27 heavy (non-hydrogen) atoms. The van der Waals surface area contributed by atoms with Gasteiger partial charge in [-0.2, -0.15) is 14.7 Å². The van der Waals surface area contributed by atoms with Crippen molar-refractivity contribution in [1.82, 2.24) is 44.6 Å². The molecule has 5 rings (SSSR count). The molecule has 4 heterocycles. The molecule has 2 atom stereocenters. The molecule has 0 bridgehead atoms. The highest BCUT2D eigenvalue weighted by molar-refractivity contribution is 6.30.